The van der Waals surface area contributed by atoms with Crippen LogP contribution in [-0.2, 0) is 6.54 Å². The van der Waals surface area contributed by atoms with Crippen molar-refractivity contribution in [2.24, 2.45) is 16.6 Å². The number of aliphatic imine (C=N–C) groups is 1. The summed E-state index contributed by atoms with van der Waals surface area (Å²) in [6.45, 7) is -2.16. The molecule has 3 N–H and O–H groups in total. The maximum atomic E-state index is 12.4. The van der Waals surface area contributed by atoms with Gasteiger partial charge in [-0.05, 0) is 30.9 Å². The first kappa shape index (κ1) is 20.5. The van der Waals surface area contributed by atoms with Crippen molar-refractivity contribution in [3.05, 3.63) is 27.7 Å². The molecule has 1 aliphatic carbocycles. The summed E-state index contributed by atoms with van der Waals surface area (Å²) in [5, 5.41) is 3.35. The highest BCUT2D eigenvalue weighted by Gasteiger charge is 2.17. The minimum atomic E-state index is -2.98. The van der Waals surface area contributed by atoms with Crippen molar-refractivity contribution >= 4 is 53.1 Å². The van der Waals surface area contributed by atoms with Gasteiger partial charge in [0.05, 0.1) is 11.6 Å². The summed E-state index contributed by atoms with van der Waals surface area (Å²) >= 11 is 11.8. The highest BCUT2D eigenvalue weighted by atomic mass is 127. The molecular weight excluding hydrogens is 462 g/mol. The number of ether oxygens (including phenoxy) is 1. The van der Waals surface area contributed by atoms with Crippen LogP contribution in [0.2, 0.25) is 10.0 Å². The second-order valence-corrected chi connectivity index (χ2v) is 5.98. The molecule has 9 heteroatoms. The maximum Gasteiger partial charge on any atom is 0.387 e. The molecule has 1 aromatic rings. The molecule has 0 bridgehead atoms. The second kappa shape index (κ2) is 9.68. The Morgan fingerprint density at radius 2 is 2.09 bits per heavy atom. The van der Waals surface area contributed by atoms with E-state index in [0.717, 1.165) is 6.54 Å². The van der Waals surface area contributed by atoms with Gasteiger partial charge in [0, 0.05) is 17.1 Å². The molecule has 0 saturated heterocycles. The van der Waals surface area contributed by atoms with Crippen molar-refractivity contribution < 1.29 is 13.5 Å². The normalized spacial score (nSPS) is 15.1. The van der Waals surface area contributed by atoms with Gasteiger partial charge in [0.15, 0.2) is 5.96 Å². The van der Waals surface area contributed by atoms with Crippen molar-refractivity contribution in [2.75, 3.05) is 6.54 Å². The quantitative estimate of drug-likeness (QED) is 0.361. The average molecular weight is 480 g/mol. The van der Waals surface area contributed by atoms with Gasteiger partial charge in [-0.2, -0.15) is 8.78 Å². The van der Waals surface area contributed by atoms with Gasteiger partial charge in [0.1, 0.15) is 5.75 Å². The van der Waals surface area contributed by atoms with E-state index in [9.17, 15) is 8.78 Å². The van der Waals surface area contributed by atoms with E-state index < -0.39 is 6.61 Å². The van der Waals surface area contributed by atoms with Crippen LogP contribution in [0.3, 0.4) is 0 Å². The topological polar surface area (TPSA) is 59.6 Å². The summed E-state index contributed by atoms with van der Waals surface area (Å²) in [6.07, 6.45) is 3.63. The van der Waals surface area contributed by atoms with Gasteiger partial charge in [0.25, 0.3) is 0 Å². The van der Waals surface area contributed by atoms with Gasteiger partial charge in [-0.3, -0.25) is 0 Å². The number of nitrogens with one attached hydrogen (secondary N) is 1. The first-order valence-corrected chi connectivity index (χ1v) is 7.68. The molecule has 0 aromatic heterocycles. The van der Waals surface area contributed by atoms with E-state index in [-0.39, 0.29) is 47.3 Å². The minimum Gasteiger partial charge on any atom is -0.433 e. The highest BCUT2D eigenvalue weighted by Crippen LogP contribution is 2.34. The van der Waals surface area contributed by atoms with E-state index in [1.54, 1.807) is 0 Å². The van der Waals surface area contributed by atoms with Gasteiger partial charge in [0.2, 0.25) is 0 Å². The lowest BCUT2D eigenvalue weighted by atomic mass is 9.85. The van der Waals surface area contributed by atoms with Gasteiger partial charge in [-0.25, -0.2) is 4.99 Å². The maximum absolute atomic E-state index is 12.4. The van der Waals surface area contributed by atoms with E-state index in [2.05, 4.69) is 15.0 Å². The number of hydrogen-bond donors (Lipinski definition) is 2. The molecule has 0 radical (unpaired) electrons. The molecule has 1 saturated carbocycles. The SMILES string of the molecule is I.NC(=NCc1cc(Cl)cc(Cl)c1OC(F)F)NCC1CCC1. The van der Waals surface area contributed by atoms with Crippen molar-refractivity contribution in [2.45, 2.75) is 32.4 Å². The van der Waals surface area contributed by atoms with Crippen LogP contribution in [0.15, 0.2) is 17.1 Å². The molecule has 2 rings (SSSR count). The number of benzene rings is 1. The van der Waals surface area contributed by atoms with Crippen LogP contribution in [-0.4, -0.2) is 19.1 Å². The fraction of sp³-hybridized carbons (Fsp3) is 0.500. The van der Waals surface area contributed by atoms with Gasteiger partial charge in [-0.15, -0.1) is 24.0 Å². The van der Waals surface area contributed by atoms with Crippen molar-refractivity contribution in [3.63, 3.8) is 0 Å². The smallest absolute Gasteiger partial charge is 0.387 e. The summed E-state index contributed by atoms with van der Waals surface area (Å²) in [5.41, 5.74) is 6.11. The van der Waals surface area contributed by atoms with Crippen LogP contribution in [0.4, 0.5) is 8.78 Å². The third kappa shape index (κ3) is 6.46. The van der Waals surface area contributed by atoms with Crippen molar-refractivity contribution in [1.82, 2.24) is 5.32 Å². The first-order valence-electron chi connectivity index (χ1n) is 6.92. The minimum absolute atomic E-state index is 0. The predicted molar refractivity (Wildman–Crippen MR) is 99.2 cm³/mol. The largest absolute Gasteiger partial charge is 0.433 e. The zero-order valence-corrected chi connectivity index (χ0v) is 16.0. The molecular formula is C14H18Cl2F2IN3O. The Kier molecular flexibility index (Phi) is 8.63. The standard InChI is InChI=1S/C14H17Cl2F2N3O.HI/c15-10-4-9(12(11(16)5-10)22-13(17)18)7-21-14(19)20-6-8-2-1-3-8;/h4-5,8,13H,1-3,6-7H2,(H3,19,20,21);1H. The third-order valence-electron chi connectivity index (χ3n) is 3.51. The molecule has 1 fully saturated rings. The molecule has 0 heterocycles. The van der Waals surface area contributed by atoms with E-state index in [1.807, 2.05) is 0 Å². The molecule has 1 aromatic carbocycles. The molecule has 0 spiro atoms. The number of alkyl halides is 2. The molecule has 4 nitrogen and oxygen atoms in total. The van der Waals surface area contributed by atoms with Crippen molar-refractivity contribution in [1.29, 1.82) is 0 Å². The Balaban J connectivity index is 0.00000264. The van der Waals surface area contributed by atoms with E-state index in [4.69, 9.17) is 28.9 Å². The Hall–Kier alpha value is -0.540. The Labute approximate surface area is 160 Å². The lowest BCUT2D eigenvalue weighted by molar-refractivity contribution is -0.0503. The molecule has 0 atom stereocenters. The van der Waals surface area contributed by atoms with Gasteiger partial charge >= 0.3 is 6.61 Å². The van der Waals surface area contributed by atoms with Crippen molar-refractivity contribution in [3.8, 4) is 5.75 Å². The van der Waals surface area contributed by atoms with Gasteiger partial charge in [-0.1, -0.05) is 29.6 Å². The van der Waals surface area contributed by atoms with Crippen LogP contribution < -0.4 is 15.8 Å². The lowest BCUT2D eigenvalue weighted by Crippen LogP contribution is -2.37. The summed E-state index contributed by atoms with van der Waals surface area (Å²) in [6, 6.07) is 2.82. The number of guanidine groups is 1. The Morgan fingerprint density at radius 1 is 1.39 bits per heavy atom. The molecule has 0 unspecified atom stereocenters. The summed E-state index contributed by atoms with van der Waals surface area (Å²) in [7, 11) is 0. The second-order valence-electron chi connectivity index (χ2n) is 5.13. The van der Waals surface area contributed by atoms with Crippen LogP contribution in [0, 0.1) is 5.92 Å². The summed E-state index contributed by atoms with van der Waals surface area (Å²) in [5.74, 6) is 0.759. The van der Waals surface area contributed by atoms with Gasteiger partial charge < -0.3 is 15.8 Å². The summed E-state index contributed by atoms with van der Waals surface area (Å²) in [4.78, 5) is 4.12. The van der Waals surface area contributed by atoms with E-state index in [0.29, 0.717) is 16.5 Å². The Morgan fingerprint density at radius 3 is 2.65 bits per heavy atom. The average Bonchev–Trinajstić information content (AvgIpc) is 2.37. The van der Waals surface area contributed by atoms with E-state index in [1.165, 1.54) is 31.4 Å². The monoisotopic (exact) mass is 479 g/mol. The number of nitrogens with zero attached hydrogens (tertiary/aromatic N) is 1. The number of halogens is 5. The molecule has 0 aliphatic heterocycles. The van der Waals surface area contributed by atoms with Crippen LogP contribution >= 0.6 is 47.2 Å². The molecule has 0 amide bonds. The zero-order valence-electron chi connectivity index (χ0n) is 12.2. The lowest BCUT2D eigenvalue weighted by Gasteiger charge is -2.25. The fourth-order valence-electron chi connectivity index (χ4n) is 2.12. The number of nitrogens with two attached hydrogens (primary N) is 1. The molecule has 23 heavy (non-hydrogen) atoms. The van der Waals surface area contributed by atoms with E-state index >= 15 is 0 Å². The molecule has 130 valence electrons. The third-order valence-corrected chi connectivity index (χ3v) is 4.01. The molecule has 1 aliphatic rings. The summed E-state index contributed by atoms with van der Waals surface area (Å²) < 4.78 is 29.3. The predicted octanol–water partition coefficient (Wildman–Crippen LogP) is 4.42. The van der Waals surface area contributed by atoms with Crippen LogP contribution in [0.25, 0.3) is 0 Å². The first-order chi connectivity index (χ1) is 10.5. The number of hydrogen-bond acceptors (Lipinski definition) is 2. The van der Waals surface area contributed by atoms with Crippen LogP contribution in [0.1, 0.15) is 24.8 Å². The fourth-order valence-corrected chi connectivity index (χ4v) is 2.70. The highest BCUT2D eigenvalue weighted by molar-refractivity contribution is 14.0. The van der Waals surface area contributed by atoms with Crippen LogP contribution in [0.5, 0.6) is 5.75 Å². The number of rotatable bonds is 6. The zero-order chi connectivity index (χ0) is 16.1. The Bertz CT molecular complexity index is 557.